The predicted octanol–water partition coefficient (Wildman–Crippen LogP) is 3.72. The lowest BCUT2D eigenvalue weighted by atomic mass is 10.2. The number of benzene rings is 2. The van der Waals surface area contributed by atoms with Crippen LogP contribution < -0.4 is 9.47 Å². The SMILES string of the molecule is O=C(/C=C/c1ccc2c(c1)OCCCO2)N1CCN(C/C=C/c2ccccc2)CC1. The number of carbonyl (C=O) groups excluding carboxylic acids is 1. The van der Waals surface area contributed by atoms with Crippen molar-refractivity contribution in [1.29, 1.82) is 0 Å². The van der Waals surface area contributed by atoms with Crippen LogP contribution in [-0.4, -0.2) is 61.6 Å². The van der Waals surface area contributed by atoms with Crippen molar-refractivity contribution in [3.8, 4) is 11.5 Å². The van der Waals surface area contributed by atoms with E-state index >= 15 is 0 Å². The van der Waals surface area contributed by atoms with Gasteiger partial charge in [0.2, 0.25) is 5.91 Å². The van der Waals surface area contributed by atoms with Gasteiger partial charge < -0.3 is 14.4 Å². The minimum atomic E-state index is 0.0570. The van der Waals surface area contributed by atoms with E-state index in [2.05, 4.69) is 29.2 Å². The second-order valence-electron chi connectivity index (χ2n) is 7.53. The molecule has 0 bridgehead atoms. The van der Waals surface area contributed by atoms with E-state index in [0.29, 0.717) is 13.2 Å². The third-order valence-corrected chi connectivity index (χ3v) is 5.35. The summed E-state index contributed by atoms with van der Waals surface area (Å²) >= 11 is 0. The van der Waals surface area contributed by atoms with E-state index in [1.54, 1.807) is 6.08 Å². The van der Waals surface area contributed by atoms with Crippen LogP contribution in [0.1, 0.15) is 17.5 Å². The van der Waals surface area contributed by atoms with Crippen LogP contribution in [0.4, 0.5) is 0 Å². The van der Waals surface area contributed by atoms with Crippen LogP contribution in [0, 0.1) is 0 Å². The molecule has 1 amide bonds. The average molecular weight is 405 g/mol. The van der Waals surface area contributed by atoms with Gasteiger partial charge >= 0.3 is 0 Å². The highest BCUT2D eigenvalue weighted by Crippen LogP contribution is 2.30. The zero-order valence-electron chi connectivity index (χ0n) is 17.2. The number of hydrogen-bond acceptors (Lipinski definition) is 4. The fourth-order valence-electron chi connectivity index (χ4n) is 3.61. The normalized spacial score (nSPS) is 17.4. The lowest BCUT2D eigenvalue weighted by Crippen LogP contribution is -2.48. The molecule has 0 saturated carbocycles. The molecule has 1 saturated heterocycles. The van der Waals surface area contributed by atoms with Crippen molar-refractivity contribution in [2.75, 3.05) is 45.9 Å². The highest BCUT2D eigenvalue weighted by Gasteiger charge is 2.18. The van der Waals surface area contributed by atoms with E-state index in [1.807, 2.05) is 47.4 Å². The van der Waals surface area contributed by atoms with Gasteiger partial charge in [0.25, 0.3) is 0 Å². The number of carbonyl (C=O) groups is 1. The molecule has 2 aliphatic rings. The second kappa shape index (κ2) is 10.1. The molecule has 156 valence electrons. The molecule has 5 heteroatoms. The summed E-state index contributed by atoms with van der Waals surface area (Å²) in [6.45, 7) is 5.53. The molecule has 0 unspecified atom stereocenters. The van der Waals surface area contributed by atoms with Gasteiger partial charge in [-0.15, -0.1) is 0 Å². The van der Waals surface area contributed by atoms with Crippen LogP contribution in [0.5, 0.6) is 11.5 Å². The van der Waals surface area contributed by atoms with E-state index in [0.717, 1.165) is 56.2 Å². The van der Waals surface area contributed by atoms with E-state index in [-0.39, 0.29) is 5.91 Å². The molecule has 0 radical (unpaired) electrons. The van der Waals surface area contributed by atoms with Crippen LogP contribution in [0.25, 0.3) is 12.2 Å². The molecule has 0 spiro atoms. The number of nitrogens with zero attached hydrogens (tertiary/aromatic N) is 2. The van der Waals surface area contributed by atoms with E-state index in [4.69, 9.17) is 9.47 Å². The third-order valence-electron chi connectivity index (χ3n) is 5.35. The van der Waals surface area contributed by atoms with Crippen molar-refractivity contribution in [3.63, 3.8) is 0 Å². The Kier molecular flexibility index (Phi) is 6.83. The van der Waals surface area contributed by atoms with Crippen molar-refractivity contribution in [2.24, 2.45) is 0 Å². The summed E-state index contributed by atoms with van der Waals surface area (Å²) in [5, 5.41) is 0. The Balaban J connectivity index is 1.25. The zero-order valence-corrected chi connectivity index (χ0v) is 17.2. The number of fused-ring (bicyclic) bond motifs is 1. The Morgan fingerprint density at radius 3 is 2.43 bits per heavy atom. The smallest absolute Gasteiger partial charge is 0.246 e. The van der Waals surface area contributed by atoms with Crippen LogP contribution in [-0.2, 0) is 4.79 Å². The van der Waals surface area contributed by atoms with Gasteiger partial charge in [0, 0.05) is 45.2 Å². The minimum Gasteiger partial charge on any atom is -0.490 e. The van der Waals surface area contributed by atoms with Crippen molar-refractivity contribution < 1.29 is 14.3 Å². The third kappa shape index (κ3) is 5.51. The lowest BCUT2D eigenvalue weighted by Gasteiger charge is -2.33. The van der Waals surface area contributed by atoms with Gasteiger partial charge in [-0.1, -0.05) is 48.6 Å². The van der Waals surface area contributed by atoms with Gasteiger partial charge in [-0.3, -0.25) is 9.69 Å². The van der Waals surface area contributed by atoms with Crippen LogP contribution in [0.15, 0.2) is 60.7 Å². The molecule has 2 aromatic carbocycles. The molecule has 4 rings (SSSR count). The number of amides is 1. The topological polar surface area (TPSA) is 42.0 Å². The Labute approximate surface area is 178 Å². The number of hydrogen-bond donors (Lipinski definition) is 0. The summed E-state index contributed by atoms with van der Waals surface area (Å²) in [5.41, 5.74) is 2.16. The fourth-order valence-corrected chi connectivity index (χ4v) is 3.61. The molecule has 0 N–H and O–H groups in total. The molecule has 0 aromatic heterocycles. The van der Waals surface area contributed by atoms with Crippen molar-refractivity contribution in [1.82, 2.24) is 9.80 Å². The summed E-state index contributed by atoms with van der Waals surface area (Å²) in [6, 6.07) is 16.1. The van der Waals surface area contributed by atoms with Crippen molar-refractivity contribution in [3.05, 3.63) is 71.8 Å². The van der Waals surface area contributed by atoms with Crippen LogP contribution >= 0.6 is 0 Å². The Bertz CT molecular complexity index is 900. The highest BCUT2D eigenvalue weighted by molar-refractivity contribution is 5.92. The molecule has 2 aromatic rings. The highest BCUT2D eigenvalue weighted by atomic mass is 16.5. The summed E-state index contributed by atoms with van der Waals surface area (Å²) in [6.07, 6.45) is 8.73. The Morgan fingerprint density at radius 2 is 1.63 bits per heavy atom. The maximum atomic E-state index is 12.6. The summed E-state index contributed by atoms with van der Waals surface area (Å²) in [4.78, 5) is 16.9. The summed E-state index contributed by atoms with van der Waals surface area (Å²) in [7, 11) is 0. The average Bonchev–Trinajstić information content (AvgIpc) is 3.04. The second-order valence-corrected chi connectivity index (χ2v) is 7.53. The first-order chi connectivity index (χ1) is 14.8. The monoisotopic (exact) mass is 404 g/mol. The molecule has 1 fully saturated rings. The lowest BCUT2D eigenvalue weighted by molar-refractivity contribution is -0.127. The molecule has 0 aliphatic carbocycles. The zero-order chi connectivity index (χ0) is 20.6. The molecule has 2 aliphatic heterocycles. The van der Waals surface area contributed by atoms with Gasteiger partial charge in [0.05, 0.1) is 13.2 Å². The quantitative estimate of drug-likeness (QED) is 0.713. The van der Waals surface area contributed by atoms with Gasteiger partial charge in [0.1, 0.15) is 0 Å². The molecule has 0 atom stereocenters. The predicted molar refractivity (Wildman–Crippen MR) is 120 cm³/mol. The first kappa shape index (κ1) is 20.2. The summed E-state index contributed by atoms with van der Waals surface area (Å²) in [5.74, 6) is 1.58. The van der Waals surface area contributed by atoms with Gasteiger partial charge in [-0.05, 0) is 29.3 Å². The Hall–Kier alpha value is -3.05. The maximum absolute atomic E-state index is 12.6. The largest absolute Gasteiger partial charge is 0.490 e. The Morgan fingerprint density at radius 1 is 0.867 bits per heavy atom. The molecular formula is C25H28N2O3. The van der Waals surface area contributed by atoms with Crippen LogP contribution in [0.2, 0.25) is 0 Å². The van der Waals surface area contributed by atoms with E-state index < -0.39 is 0 Å². The number of rotatable bonds is 5. The van der Waals surface area contributed by atoms with Gasteiger partial charge in [-0.25, -0.2) is 0 Å². The molecule has 30 heavy (non-hydrogen) atoms. The van der Waals surface area contributed by atoms with E-state index in [1.165, 1.54) is 5.56 Å². The molecule has 2 heterocycles. The molecule has 5 nitrogen and oxygen atoms in total. The van der Waals surface area contributed by atoms with E-state index in [9.17, 15) is 4.79 Å². The van der Waals surface area contributed by atoms with Gasteiger partial charge in [-0.2, -0.15) is 0 Å². The maximum Gasteiger partial charge on any atom is 0.246 e. The minimum absolute atomic E-state index is 0.0570. The van der Waals surface area contributed by atoms with Crippen LogP contribution in [0.3, 0.4) is 0 Å². The molecular weight excluding hydrogens is 376 g/mol. The van der Waals surface area contributed by atoms with Crippen molar-refractivity contribution in [2.45, 2.75) is 6.42 Å². The fraction of sp³-hybridized carbons (Fsp3) is 0.320. The van der Waals surface area contributed by atoms with Gasteiger partial charge in [0.15, 0.2) is 11.5 Å². The number of piperazine rings is 1. The summed E-state index contributed by atoms with van der Waals surface area (Å²) < 4.78 is 11.4. The number of ether oxygens (including phenoxy) is 2. The standard InChI is InChI=1S/C25H28N2O3/c28-25(12-10-22-9-11-23-24(20-22)30-19-5-18-29-23)27-16-14-26(15-17-27)13-4-8-21-6-2-1-3-7-21/h1-4,6-12,20H,5,13-19H2/b8-4+,12-10+. The van der Waals surface area contributed by atoms with Crippen molar-refractivity contribution >= 4 is 18.1 Å². The first-order valence-corrected chi connectivity index (χ1v) is 10.6. The first-order valence-electron chi connectivity index (χ1n) is 10.6.